The largest absolute Gasteiger partial charge is 0.393 e. The van der Waals surface area contributed by atoms with Crippen molar-refractivity contribution in [2.24, 2.45) is 52.3 Å². The summed E-state index contributed by atoms with van der Waals surface area (Å²) in [5.74, 6) is 5.57. The second kappa shape index (κ2) is 6.70. The summed E-state index contributed by atoms with van der Waals surface area (Å²) in [6.45, 7) is 11.3. The van der Waals surface area contributed by atoms with E-state index in [1.807, 2.05) is 0 Å². The minimum atomic E-state index is -0.0320. The molecule has 2 N–H and O–H groups in total. The predicted molar refractivity (Wildman–Crippen MR) is 120 cm³/mol. The van der Waals surface area contributed by atoms with Gasteiger partial charge in [-0.2, -0.15) is 0 Å². The Morgan fingerprint density at radius 1 is 0.867 bits per heavy atom. The molecule has 170 valence electrons. The van der Waals surface area contributed by atoms with Crippen LogP contribution in [0.3, 0.4) is 0 Å². The van der Waals surface area contributed by atoms with Crippen LogP contribution < -0.4 is 5.32 Å². The molecule has 4 saturated carbocycles. The van der Waals surface area contributed by atoms with Crippen molar-refractivity contribution in [2.45, 2.75) is 110 Å². The lowest BCUT2D eigenvalue weighted by atomic mass is 9.44. The number of ether oxygens (including phenoxy) is 1. The molecule has 0 bridgehead atoms. The fourth-order valence-electron chi connectivity index (χ4n) is 10.4. The molecule has 6 aliphatic rings. The van der Waals surface area contributed by atoms with Gasteiger partial charge in [0.15, 0.2) is 0 Å². The Labute approximate surface area is 184 Å². The number of piperidine rings is 1. The van der Waals surface area contributed by atoms with Crippen molar-refractivity contribution in [3.8, 4) is 0 Å². The summed E-state index contributed by atoms with van der Waals surface area (Å²) in [6, 6.07) is 0. The van der Waals surface area contributed by atoms with Crippen LogP contribution in [0.1, 0.15) is 91.9 Å². The van der Waals surface area contributed by atoms with Gasteiger partial charge in [-0.05, 0) is 111 Å². The number of fused-ring (bicyclic) bond motifs is 7. The summed E-state index contributed by atoms with van der Waals surface area (Å²) in [6.07, 6.45) is 13.2. The van der Waals surface area contributed by atoms with Gasteiger partial charge < -0.3 is 9.84 Å². The molecular weight excluding hydrogens is 370 g/mol. The van der Waals surface area contributed by atoms with Crippen molar-refractivity contribution in [3.05, 3.63) is 0 Å². The van der Waals surface area contributed by atoms with Crippen molar-refractivity contribution in [1.29, 1.82) is 0 Å². The van der Waals surface area contributed by atoms with E-state index in [0.717, 1.165) is 54.9 Å². The molecule has 6 rings (SSSR count). The van der Waals surface area contributed by atoms with Gasteiger partial charge in [0.1, 0.15) is 5.72 Å². The lowest BCUT2D eigenvalue weighted by molar-refractivity contribution is -0.140. The van der Waals surface area contributed by atoms with Crippen LogP contribution in [0.2, 0.25) is 0 Å². The first-order valence-corrected chi connectivity index (χ1v) is 13.4. The molecule has 0 radical (unpaired) electrons. The number of hydrogen-bond donors (Lipinski definition) is 2. The standard InChI is InChI=1S/C27H45NO2/c1-16-7-12-27(28-15-16)17(2)24-23(30-27)14-22-20-6-5-18-13-19(29)8-10-25(18,3)21(20)9-11-26(22,24)4/h16-24,28-29H,5-15H2,1-4H3/t16-,17-,18-,19-,20+,21-,22-,23-,24?,25-,26-,27-/m0/s1. The minimum Gasteiger partial charge on any atom is -0.393 e. The molecule has 2 aliphatic heterocycles. The number of aliphatic hydroxyl groups is 1. The van der Waals surface area contributed by atoms with Gasteiger partial charge in [-0.1, -0.05) is 27.7 Å². The van der Waals surface area contributed by atoms with Gasteiger partial charge in [0.05, 0.1) is 12.2 Å². The fourth-order valence-corrected chi connectivity index (χ4v) is 10.4. The number of rotatable bonds is 0. The van der Waals surface area contributed by atoms with Crippen LogP contribution in [0, 0.1) is 52.3 Å². The Kier molecular flexibility index (Phi) is 4.58. The molecule has 0 aromatic rings. The summed E-state index contributed by atoms with van der Waals surface area (Å²) < 4.78 is 7.01. The lowest BCUT2D eigenvalue weighted by Crippen LogP contribution is -2.57. The van der Waals surface area contributed by atoms with E-state index in [0.29, 0.717) is 22.9 Å². The predicted octanol–water partition coefficient (Wildman–Crippen LogP) is 5.37. The molecule has 6 fully saturated rings. The molecule has 30 heavy (non-hydrogen) atoms. The molecule has 0 aromatic carbocycles. The number of nitrogens with one attached hydrogen (secondary N) is 1. The summed E-state index contributed by atoms with van der Waals surface area (Å²) >= 11 is 0. The van der Waals surface area contributed by atoms with Crippen LogP contribution in [0.15, 0.2) is 0 Å². The summed E-state index contributed by atoms with van der Waals surface area (Å²) in [5, 5.41) is 14.2. The molecule has 2 saturated heterocycles. The molecule has 1 unspecified atom stereocenters. The van der Waals surface area contributed by atoms with Crippen molar-refractivity contribution < 1.29 is 9.84 Å². The first-order chi connectivity index (χ1) is 14.3. The van der Waals surface area contributed by atoms with Crippen LogP contribution in [0.25, 0.3) is 0 Å². The van der Waals surface area contributed by atoms with Gasteiger partial charge in [-0.15, -0.1) is 0 Å². The van der Waals surface area contributed by atoms with E-state index in [4.69, 9.17) is 4.74 Å². The zero-order valence-electron chi connectivity index (χ0n) is 19.8. The van der Waals surface area contributed by atoms with Gasteiger partial charge in [0.25, 0.3) is 0 Å². The SMILES string of the molecule is C[C@H]1CC[C@]2(NC1)O[C@H]1C[C@H]3[C@@H]4CC[C@H]5C[C@@H](O)CC[C@]5(C)[C@H]4CC[C@]3(C)C1[C@@H]2C. The molecule has 3 nitrogen and oxygen atoms in total. The van der Waals surface area contributed by atoms with Gasteiger partial charge in [0.2, 0.25) is 0 Å². The van der Waals surface area contributed by atoms with Gasteiger partial charge in [-0.3, -0.25) is 5.32 Å². The normalized spacial score (nSPS) is 62.5. The third-order valence-electron chi connectivity index (χ3n) is 12.1. The molecule has 0 amide bonds. The second-order valence-electron chi connectivity index (χ2n) is 13.3. The summed E-state index contributed by atoms with van der Waals surface area (Å²) in [4.78, 5) is 0. The van der Waals surface area contributed by atoms with Gasteiger partial charge in [-0.25, -0.2) is 0 Å². The highest BCUT2D eigenvalue weighted by atomic mass is 16.5. The van der Waals surface area contributed by atoms with Crippen LogP contribution in [0.4, 0.5) is 0 Å². The maximum Gasteiger partial charge on any atom is 0.122 e. The number of hydrogen-bond acceptors (Lipinski definition) is 3. The van der Waals surface area contributed by atoms with Gasteiger partial charge >= 0.3 is 0 Å². The van der Waals surface area contributed by atoms with Crippen molar-refractivity contribution in [3.63, 3.8) is 0 Å². The first-order valence-electron chi connectivity index (χ1n) is 13.4. The maximum absolute atomic E-state index is 10.3. The molecule has 3 heteroatoms. The maximum atomic E-state index is 10.3. The quantitative estimate of drug-likeness (QED) is 0.559. The van der Waals surface area contributed by atoms with Crippen LogP contribution in [-0.2, 0) is 4.74 Å². The van der Waals surface area contributed by atoms with E-state index >= 15 is 0 Å². The van der Waals surface area contributed by atoms with Crippen LogP contribution in [0.5, 0.6) is 0 Å². The van der Waals surface area contributed by atoms with Crippen molar-refractivity contribution >= 4 is 0 Å². The smallest absolute Gasteiger partial charge is 0.122 e. The Morgan fingerprint density at radius 3 is 2.43 bits per heavy atom. The van der Waals surface area contributed by atoms with E-state index < -0.39 is 0 Å². The van der Waals surface area contributed by atoms with Crippen molar-refractivity contribution in [2.75, 3.05) is 6.54 Å². The highest BCUT2D eigenvalue weighted by molar-refractivity contribution is 5.16. The lowest BCUT2D eigenvalue weighted by Gasteiger charge is -2.61. The average Bonchev–Trinajstić information content (AvgIpc) is 3.16. The molecule has 2 heterocycles. The van der Waals surface area contributed by atoms with E-state index in [9.17, 15) is 5.11 Å². The summed E-state index contributed by atoms with van der Waals surface area (Å²) in [5.41, 5.74) is 0.919. The molecule has 12 atom stereocenters. The van der Waals surface area contributed by atoms with E-state index in [-0.39, 0.29) is 11.8 Å². The van der Waals surface area contributed by atoms with E-state index in [2.05, 4.69) is 33.0 Å². The Bertz CT molecular complexity index is 686. The van der Waals surface area contributed by atoms with E-state index in [1.54, 1.807) is 0 Å². The van der Waals surface area contributed by atoms with E-state index in [1.165, 1.54) is 51.4 Å². The van der Waals surface area contributed by atoms with Gasteiger partial charge in [0, 0.05) is 12.5 Å². The first kappa shape index (κ1) is 20.5. The highest BCUT2D eigenvalue weighted by Crippen LogP contribution is 2.71. The number of aliphatic hydroxyl groups excluding tert-OH is 1. The average molecular weight is 416 g/mol. The molecule has 0 aromatic heterocycles. The fraction of sp³-hybridized carbons (Fsp3) is 1.00. The Balaban J connectivity index is 1.26. The zero-order valence-corrected chi connectivity index (χ0v) is 19.8. The third-order valence-corrected chi connectivity index (χ3v) is 12.1. The Hall–Kier alpha value is -0.120. The monoisotopic (exact) mass is 415 g/mol. The summed E-state index contributed by atoms with van der Waals surface area (Å²) in [7, 11) is 0. The topological polar surface area (TPSA) is 41.5 Å². The van der Waals surface area contributed by atoms with Crippen LogP contribution >= 0.6 is 0 Å². The van der Waals surface area contributed by atoms with Crippen LogP contribution in [-0.4, -0.2) is 29.6 Å². The molecular formula is C27H45NO2. The van der Waals surface area contributed by atoms with Crippen molar-refractivity contribution in [1.82, 2.24) is 5.32 Å². The third kappa shape index (κ3) is 2.61. The zero-order chi connectivity index (χ0) is 20.9. The highest BCUT2D eigenvalue weighted by Gasteiger charge is 2.68. The Morgan fingerprint density at radius 2 is 1.67 bits per heavy atom. The second-order valence-corrected chi connectivity index (χ2v) is 13.3. The minimum absolute atomic E-state index is 0.0319. The molecule has 1 spiro atoms. The molecule has 4 aliphatic carbocycles.